The Kier molecular flexibility index (Phi) is 7.78. The summed E-state index contributed by atoms with van der Waals surface area (Å²) in [7, 11) is 0. The van der Waals surface area contributed by atoms with Crippen molar-refractivity contribution in [2.75, 3.05) is 11.9 Å². The van der Waals surface area contributed by atoms with Crippen molar-refractivity contribution >= 4 is 17.1 Å². The van der Waals surface area contributed by atoms with Gasteiger partial charge in [0.2, 0.25) is 0 Å². The molecule has 2 heterocycles. The Morgan fingerprint density at radius 1 is 1.15 bits per heavy atom. The van der Waals surface area contributed by atoms with Crippen LogP contribution in [0.15, 0.2) is 36.5 Å². The summed E-state index contributed by atoms with van der Waals surface area (Å²) in [4.78, 5) is 18.8. The molecule has 5 rings (SSSR count). The molecule has 39 heavy (non-hydrogen) atoms. The zero-order valence-corrected chi connectivity index (χ0v) is 23.0. The second-order valence-electron chi connectivity index (χ2n) is 11.3. The maximum atomic E-state index is 12.8. The molecule has 3 aromatic rings. The molecular formula is C30H38N6O3. The summed E-state index contributed by atoms with van der Waals surface area (Å²) in [5.41, 5.74) is 13.0. The van der Waals surface area contributed by atoms with Gasteiger partial charge in [-0.15, -0.1) is 0 Å². The Hall–Kier alpha value is -3.61. The van der Waals surface area contributed by atoms with Crippen molar-refractivity contribution in [3.05, 3.63) is 58.9 Å². The lowest BCUT2D eigenvalue weighted by Gasteiger charge is -2.31. The fraction of sp³-hybridized carbons (Fsp3) is 0.500. The van der Waals surface area contributed by atoms with Crippen LogP contribution in [0.3, 0.4) is 0 Å². The van der Waals surface area contributed by atoms with E-state index in [9.17, 15) is 10.1 Å². The van der Waals surface area contributed by atoms with Crippen molar-refractivity contribution in [3.8, 4) is 11.8 Å². The molecule has 0 unspecified atom stereocenters. The number of nitrogens with one attached hydrogen (secondary N) is 2. The van der Waals surface area contributed by atoms with Crippen LogP contribution in [0, 0.1) is 11.3 Å². The number of hydrogen-bond donors (Lipinski definition) is 3. The Morgan fingerprint density at radius 2 is 1.87 bits per heavy atom. The minimum absolute atomic E-state index is 0.255. The van der Waals surface area contributed by atoms with E-state index in [1.807, 2.05) is 31.4 Å². The van der Waals surface area contributed by atoms with E-state index >= 15 is 0 Å². The van der Waals surface area contributed by atoms with E-state index in [4.69, 9.17) is 15.3 Å². The summed E-state index contributed by atoms with van der Waals surface area (Å²) < 4.78 is 7.34. The number of nitrogens with zero attached hydrogens (tertiary/aromatic N) is 3. The minimum atomic E-state index is -0.744. The van der Waals surface area contributed by atoms with Gasteiger partial charge in [0.05, 0.1) is 35.3 Å². The number of fused-ring (bicyclic) bond motifs is 1. The Labute approximate surface area is 229 Å². The quantitative estimate of drug-likeness (QED) is 0.320. The van der Waals surface area contributed by atoms with Crippen molar-refractivity contribution in [3.63, 3.8) is 0 Å². The van der Waals surface area contributed by atoms with Gasteiger partial charge in [0, 0.05) is 29.6 Å². The molecular weight excluding hydrogens is 492 g/mol. The van der Waals surface area contributed by atoms with Crippen molar-refractivity contribution in [2.45, 2.75) is 89.3 Å². The standard InChI is InChI=1S/C30H38N6O3/c1-4-38-23-13-7-20(8-14-23)29(37)35-39-30(2,3)17-26-27(19-5-6-19)28(34-22-11-9-21(32)10-12-22)24(18-31)25-15-16-33-36(25)26/h7-8,13-16,19,21-22,34H,4-6,9-12,17,32H2,1-3H3,(H,35,37). The van der Waals surface area contributed by atoms with Crippen LogP contribution in [-0.4, -0.2) is 39.8 Å². The Bertz CT molecular complexity index is 1360. The monoisotopic (exact) mass is 530 g/mol. The van der Waals surface area contributed by atoms with E-state index in [0.29, 0.717) is 35.8 Å². The molecule has 4 N–H and O–H groups in total. The van der Waals surface area contributed by atoms with Crippen LogP contribution < -0.4 is 21.3 Å². The summed E-state index contributed by atoms with van der Waals surface area (Å²) in [5.74, 6) is 0.756. The lowest BCUT2D eigenvalue weighted by Crippen LogP contribution is -2.38. The number of amides is 1. The summed E-state index contributed by atoms with van der Waals surface area (Å²) in [6.45, 7) is 6.38. The lowest BCUT2D eigenvalue weighted by molar-refractivity contribution is -0.0705. The van der Waals surface area contributed by atoms with Gasteiger partial charge in [0.15, 0.2) is 0 Å². The number of rotatable bonds is 10. The molecule has 2 aliphatic rings. The van der Waals surface area contributed by atoms with Gasteiger partial charge in [0.1, 0.15) is 17.4 Å². The number of hydrogen-bond acceptors (Lipinski definition) is 7. The molecule has 2 saturated carbocycles. The van der Waals surface area contributed by atoms with Crippen LogP contribution in [0.25, 0.3) is 5.52 Å². The number of benzene rings is 1. The normalized spacial score (nSPS) is 19.5. The summed E-state index contributed by atoms with van der Waals surface area (Å²) in [6, 6.07) is 11.9. The second kappa shape index (κ2) is 11.2. The fourth-order valence-corrected chi connectivity index (χ4v) is 5.49. The highest BCUT2D eigenvalue weighted by molar-refractivity contribution is 5.93. The Balaban J connectivity index is 1.41. The molecule has 2 aromatic heterocycles. The first-order valence-electron chi connectivity index (χ1n) is 14.0. The summed E-state index contributed by atoms with van der Waals surface area (Å²) in [5, 5.41) is 18.6. The molecule has 2 aliphatic carbocycles. The average Bonchev–Trinajstić information content (AvgIpc) is 3.64. The molecule has 0 radical (unpaired) electrons. The van der Waals surface area contributed by atoms with Crippen LogP contribution in [-0.2, 0) is 11.3 Å². The molecule has 0 saturated heterocycles. The Morgan fingerprint density at radius 3 is 2.51 bits per heavy atom. The van der Waals surface area contributed by atoms with Gasteiger partial charge < -0.3 is 15.8 Å². The number of hydroxylamine groups is 1. The highest BCUT2D eigenvalue weighted by Gasteiger charge is 2.36. The molecule has 0 spiro atoms. The van der Waals surface area contributed by atoms with Crippen molar-refractivity contribution in [2.24, 2.45) is 5.73 Å². The third kappa shape index (κ3) is 6.02. The van der Waals surface area contributed by atoms with E-state index < -0.39 is 5.60 Å². The first-order valence-corrected chi connectivity index (χ1v) is 14.0. The zero-order chi connectivity index (χ0) is 27.6. The van der Waals surface area contributed by atoms with Crippen molar-refractivity contribution < 1.29 is 14.4 Å². The van der Waals surface area contributed by atoms with Crippen molar-refractivity contribution in [1.82, 2.24) is 15.1 Å². The predicted molar refractivity (Wildman–Crippen MR) is 150 cm³/mol. The number of anilines is 1. The number of nitrogens with two attached hydrogens (primary N) is 1. The highest BCUT2D eigenvalue weighted by atomic mass is 16.7. The molecule has 0 atom stereocenters. The molecule has 9 heteroatoms. The van der Waals surface area contributed by atoms with Gasteiger partial charge in [0.25, 0.3) is 5.91 Å². The van der Waals surface area contributed by atoms with Gasteiger partial charge in [-0.3, -0.25) is 9.63 Å². The molecule has 1 amide bonds. The molecule has 0 aliphatic heterocycles. The summed E-state index contributed by atoms with van der Waals surface area (Å²) in [6.07, 6.45) is 8.32. The summed E-state index contributed by atoms with van der Waals surface area (Å²) >= 11 is 0. The van der Waals surface area contributed by atoms with Crippen LogP contribution in [0.2, 0.25) is 0 Å². The molecule has 206 valence electrons. The van der Waals surface area contributed by atoms with Gasteiger partial charge in [-0.25, -0.2) is 10.00 Å². The average molecular weight is 531 g/mol. The van der Waals surface area contributed by atoms with Gasteiger partial charge in [-0.05, 0) is 95.5 Å². The van der Waals surface area contributed by atoms with Crippen LogP contribution in [0.1, 0.15) is 92.4 Å². The van der Waals surface area contributed by atoms with Gasteiger partial charge in [-0.1, -0.05) is 0 Å². The van der Waals surface area contributed by atoms with Crippen LogP contribution in [0.4, 0.5) is 5.69 Å². The van der Waals surface area contributed by atoms with Gasteiger partial charge >= 0.3 is 0 Å². The minimum Gasteiger partial charge on any atom is -0.494 e. The highest BCUT2D eigenvalue weighted by Crippen LogP contribution is 2.48. The maximum absolute atomic E-state index is 12.8. The van der Waals surface area contributed by atoms with Crippen LogP contribution in [0.5, 0.6) is 5.75 Å². The number of aromatic nitrogens is 2. The SMILES string of the molecule is CCOc1ccc(C(=O)NOC(C)(C)Cc2c(C3CC3)c(NC3CCC(N)CC3)c(C#N)c3ccnn23)cc1. The largest absolute Gasteiger partial charge is 0.494 e. The topological polar surface area (TPSA) is 127 Å². The predicted octanol–water partition coefficient (Wildman–Crippen LogP) is 4.85. The third-order valence-electron chi connectivity index (χ3n) is 7.64. The van der Waals surface area contributed by atoms with E-state index in [0.717, 1.165) is 61.0 Å². The van der Waals surface area contributed by atoms with Gasteiger partial charge in [-0.2, -0.15) is 10.4 Å². The second-order valence-corrected chi connectivity index (χ2v) is 11.3. The van der Waals surface area contributed by atoms with E-state index in [2.05, 4.69) is 22.0 Å². The number of ether oxygens (including phenoxy) is 1. The fourth-order valence-electron chi connectivity index (χ4n) is 5.49. The van der Waals surface area contributed by atoms with Crippen LogP contribution >= 0.6 is 0 Å². The maximum Gasteiger partial charge on any atom is 0.274 e. The molecule has 1 aromatic carbocycles. The lowest BCUT2D eigenvalue weighted by atomic mass is 9.90. The molecule has 0 bridgehead atoms. The zero-order valence-electron chi connectivity index (χ0n) is 23.0. The number of carbonyl (C=O) groups excluding carboxylic acids is 1. The number of carbonyl (C=O) groups is 1. The van der Waals surface area contributed by atoms with Crippen molar-refractivity contribution in [1.29, 1.82) is 5.26 Å². The molecule has 9 nitrogen and oxygen atoms in total. The number of pyridine rings is 1. The number of nitriles is 1. The van der Waals surface area contributed by atoms with E-state index in [-0.39, 0.29) is 18.0 Å². The first-order chi connectivity index (χ1) is 18.8. The van der Waals surface area contributed by atoms with E-state index in [1.165, 1.54) is 0 Å². The third-order valence-corrected chi connectivity index (χ3v) is 7.64. The van der Waals surface area contributed by atoms with E-state index in [1.54, 1.807) is 30.5 Å². The molecule has 2 fully saturated rings. The smallest absolute Gasteiger partial charge is 0.274 e. The first kappa shape index (κ1) is 27.0.